The highest BCUT2D eigenvalue weighted by molar-refractivity contribution is 5.58. The van der Waals surface area contributed by atoms with E-state index in [1.165, 1.54) is 17.7 Å². The number of imidazole rings is 1. The highest BCUT2D eigenvalue weighted by Crippen LogP contribution is 2.21. The summed E-state index contributed by atoms with van der Waals surface area (Å²) in [5, 5.41) is 10.7. The quantitative estimate of drug-likeness (QED) is 0.542. The summed E-state index contributed by atoms with van der Waals surface area (Å²) in [6.07, 6.45) is 3.64. The van der Waals surface area contributed by atoms with Gasteiger partial charge >= 0.3 is 0 Å². The first kappa shape index (κ1) is 13.1. The molecule has 1 heterocycles. The molecule has 0 aliphatic carbocycles. The summed E-state index contributed by atoms with van der Waals surface area (Å²) >= 11 is 0. The first-order valence-electron chi connectivity index (χ1n) is 6.54. The van der Waals surface area contributed by atoms with Crippen LogP contribution in [-0.2, 0) is 6.54 Å². The highest BCUT2D eigenvalue weighted by atomic mass is 16.6. The van der Waals surface area contributed by atoms with E-state index in [9.17, 15) is 10.1 Å². The van der Waals surface area contributed by atoms with Gasteiger partial charge < -0.3 is 4.57 Å². The maximum absolute atomic E-state index is 10.7. The van der Waals surface area contributed by atoms with Crippen LogP contribution in [0.4, 0.5) is 5.69 Å². The van der Waals surface area contributed by atoms with Gasteiger partial charge in [0.05, 0.1) is 4.92 Å². The number of rotatable bonds is 4. The van der Waals surface area contributed by atoms with Crippen LogP contribution in [0.15, 0.2) is 67.0 Å². The molecule has 21 heavy (non-hydrogen) atoms. The summed E-state index contributed by atoms with van der Waals surface area (Å²) in [7, 11) is 0. The van der Waals surface area contributed by atoms with Crippen LogP contribution in [0.2, 0.25) is 0 Å². The van der Waals surface area contributed by atoms with Gasteiger partial charge in [-0.05, 0) is 17.7 Å². The molecule has 0 saturated heterocycles. The summed E-state index contributed by atoms with van der Waals surface area (Å²) in [6, 6.07) is 16.5. The van der Waals surface area contributed by atoms with Crippen molar-refractivity contribution in [3.05, 3.63) is 82.7 Å². The number of nitrogens with zero attached hydrogens (tertiary/aromatic N) is 3. The molecule has 5 heteroatoms. The van der Waals surface area contributed by atoms with Crippen LogP contribution < -0.4 is 0 Å². The van der Waals surface area contributed by atoms with Crippen molar-refractivity contribution >= 4 is 5.69 Å². The van der Waals surface area contributed by atoms with Crippen molar-refractivity contribution in [2.75, 3.05) is 0 Å². The fraction of sp³-hybridized carbons (Fsp3) is 0.0625. The van der Waals surface area contributed by atoms with Crippen LogP contribution >= 0.6 is 0 Å². The van der Waals surface area contributed by atoms with E-state index < -0.39 is 4.92 Å². The third kappa shape index (κ3) is 2.81. The summed E-state index contributed by atoms with van der Waals surface area (Å²) < 4.78 is 2.02. The van der Waals surface area contributed by atoms with Crippen molar-refractivity contribution in [2.45, 2.75) is 6.54 Å². The second-order valence-corrected chi connectivity index (χ2v) is 4.67. The molecule has 0 saturated carbocycles. The zero-order valence-corrected chi connectivity index (χ0v) is 11.2. The third-order valence-electron chi connectivity index (χ3n) is 3.25. The molecule has 2 aromatic carbocycles. The molecule has 5 nitrogen and oxygen atoms in total. The van der Waals surface area contributed by atoms with E-state index in [2.05, 4.69) is 17.1 Å². The SMILES string of the molecule is O=[N+]([O-])c1ccc(-c2nccn2Cc2ccccc2)cc1. The Bertz CT molecular complexity index is 749. The van der Waals surface area contributed by atoms with Crippen molar-refractivity contribution in [2.24, 2.45) is 0 Å². The van der Waals surface area contributed by atoms with Crippen molar-refractivity contribution in [3.8, 4) is 11.4 Å². The lowest BCUT2D eigenvalue weighted by molar-refractivity contribution is -0.384. The van der Waals surface area contributed by atoms with Gasteiger partial charge in [-0.3, -0.25) is 10.1 Å². The summed E-state index contributed by atoms with van der Waals surface area (Å²) in [4.78, 5) is 14.6. The number of nitro benzene ring substituents is 1. The number of non-ortho nitro benzene ring substituents is 1. The number of benzene rings is 2. The minimum Gasteiger partial charge on any atom is -0.327 e. The number of hydrogen-bond acceptors (Lipinski definition) is 3. The zero-order valence-electron chi connectivity index (χ0n) is 11.2. The Kier molecular flexibility index (Phi) is 3.47. The van der Waals surface area contributed by atoms with Crippen molar-refractivity contribution in [1.29, 1.82) is 0 Å². The van der Waals surface area contributed by atoms with E-state index in [1.54, 1.807) is 18.3 Å². The van der Waals surface area contributed by atoms with Gasteiger partial charge in [-0.25, -0.2) is 4.98 Å². The lowest BCUT2D eigenvalue weighted by Crippen LogP contribution is -2.01. The van der Waals surface area contributed by atoms with Crippen LogP contribution in [0.5, 0.6) is 0 Å². The van der Waals surface area contributed by atoms with Crippen molar-refractivity contribution in [3.63, 3.8) is 0 Å². The lowest BCUT2D eigenvalue weighted by atomic mass is 10.2. The molecule has 3 aromatic rings. The predicted molar refractivity (Wildman–Crippen MR) is 79.9 cm³/mol. The number of aromatic nitrogens is 2. The maximum atomic E-state index is 10.7. The van der Waals surface area contributed by atoms with Crippen LogP contribution in [0.25, 0.3) is 11.4 Å². The molecular formula is C16H13N3O2. The minimum absolute atomic E-state index is 0.0833. The standard InChI is InChI=1S/C16H13N3O2/c20-19(21)15-8-6-14(7-9-15)16-17-10-11-18(16)12-13-4-2-1-3-5-13/h1-11H,12H2. The Morgan fingerprint density at radius 2 is 1.76 bits per heavy atom. The topological polar surface area (TPSA) is 61.0 Å². The molecular weight excluding hydrogens is 266 g/mol. The molecule has 0 unspecified atom stereocenters. The monoisotopic (exact) mass is 279 g/mol. The average molecular weight is 279 g/mol. The van der Waals surface area contributed by atoms with Crippen molar-refractivity contribution < 1.29 is 4.92 Å². The van der Waals surface area contributed by atoms with Crippen molar-refractivity contribution in [1.82, 2.24) is 9.55 Å². The number of hydrogen-bond donors (Lipinski definition) is 0. The van der Waals surface area contributed by atoms with Gasteiger partial charge in [0.25, 0.3) is 5.69 Å². The fourth-order valence-corrected chi connectivity index (χ4v) is 2.21. The van der Waals surface area contributed by atoms with E-state index >= 15 is 0 Å². The molecule has 0 aliphatic rings. The van der Waals surface area contributed by atoms with E-state index in [-0.39, 0.29) is 5.69 Å². The predicted octanol–water partition coefficient (Wildman–Crippen LogP) is 3.51. The van der Waals surface area contributed by atoms with Gasteiger partial charge in [-0.2, -0.15) is 0 Å². The van der Waals surface area contributed by atoms with E-state index in [1.807, 2.05) is 29.0 Å². The average Bonchev–Trinajstić information content (AvgIpc) is 2.96. The van der Waals surface area contributed by atoms with Crippen LogP contribution in [0, 0.1) is 10.1 Å². The first-order valence-corrected chi connectivity index (χ1v) is 6.54. The minimum atomic E-state index is -0.403. The molecule has 0 fully saturated rings. The Hall–Kier alpha value is -2.95. The molecule has 0 aliphatic heterocycles. The van der Waals surface area contributed by atoms with Gasteiger partial charge in [0.1, 0.15) is 5.82 Å². The van der Waals surface area contributed by atoms with E-state index in [0.717, 1.165) is 11.4 Å². The second kappa shape index (κ2) is 5.58. The smallest absolute Gasteiger partial charge is 0.269 e. The van der Waals surface area contributed by atoms with Crippen LogP contribution in [0.3, 0.4) is 0 Å². The van der Waals surface area contributed by atoms with Crippen LogP contribution in [-0.4, -0.2) is 14.5 Å². The molecule has 1 aromatic heterocycles. The first-order chi connectivity index (χ1) is 10.2. The summed E-state index contributed by atoms with van der Waals surface area (Å²) in [5.74, 6) is 0.800. The van der Waals surface area contributed by atoms with Crippen LogP contribution in [0.1, 0.15) is 5.56 Å². The summed E-state index contributed by atoms with van der Waals surface area (Å²) in [6.45, 7) is 0.715. The van der Waals surface area contributed by atoms with E-state index in [0.29, 0.717) is 6.54 Å². The van der Waals surface area contributed by atoms with Gasteiger partial charge in [-0.15, -0.1) is 0 Å². The molecule has 0 radical (unpaired) electrons. The summed E-state index contributed by atoms with van der Waals surface area (Å²) in [5.41, 5.74) is 2.13. The highest BCUT2D eigenvalue weighted by Gasteiger charge is 2.09. The second-order valence-electron chi connectivity index (χ2n) is 4.67. The Balaban J connectivity index is 1.90. The largest absolute Gasteiger partial charge is 0.327 e. The van der Waals surface area contributed by atoms with Gasteiger partial charge in [0, 0.05) is 36.6 Å². The van der Waals surface area contributed by atoms with Gasteiger partial charge in [-0.1, -0.05) is 30.3 Å². The maximum Gasteiger partial charge on any atom is 0.269 e. The molecule has 0 spiro atoms. The Labute approximate surface area is 121 Å². The number of nitro groups is 1. The normalized spacial score (nSPS) is 10.5. The molecule has 0 amide bonds. The third-order valence-corrected chi connectivity index (χ3v) is 3.25. The molecule has 104 valence electrons. The molecule has 0 N–H and O–H groups in total. The fourth-order valence-electron chi connectivity index (χ4n) is 2.21. The van der Waals surface area contributed by atoms with Gasteiger partial charge in [0.2, 0.25) is 0 Å². The van der Waals surface area contributed by atoms with Gasteiger partial charge in [0.15, 0.2) is 0 Å². The Morgan fingerprint density at radius 3 is 2.43 bits per heavy atom. The van der Waals surface area contributed by atoms with E-state index in [4.69, 9.17) is 0 Å². The molecule has 3 rings (SSSR count). The Morgan fingerprint density at radius 1 is 1.05 bits per heavy atom. The molecule has 0 bridgehead atoms. The molecule has 0 atom stereocenters. The zero-order chi connectivity index (χ0) is 14.7. The lowest BCUT2D eigenvalue weighted by Gasteiger charge is -2.08.